The lowest BCUT2D eigenvalue weighted by Gasteiger charge is -2.32. The molecule has 2 aromatic rings. The van der Waals surface area contributed by atoms with E-state index < -0.39 is 0 Å². The molecule has 1 fully saturated rings. The highest BCUT2D eigenvalue weighted by Crippen LogP contribution is 2.25. The molecule has 1 aromatic heterocycles. The third-order valence-corrected chi connectivity index (χ3v) is 4.95. The number of piperidine rings is 1. The fourth-order valence-corrected chi connectivity index (χ4v) is 3.50. The Labute approximate surface area is 156 Å². The summed E-state index contributed by atoms with van der Waals surface area (Å²) < 4.78 is 1.14. The molecule has 3 rings (SSSR count). The molecule has 2 heterocycles. The molecule has 0 radical (unpaired) electrons. The van der Waals surface area contributed by atoms with Gasteiger partial charge in [-0.25, -0.2) is 4.68 Å². The molecular formula is C19H20ClN3O3. The van der Waals surface area contributed by atoms with Gasteiger partial charge >= 0.3 is 0 Å². The van der Waals surface area contributed by atoms with Gasteiger partial charge in [0.05, 0.1) is 0 Å². The fourth-order valence-electron chi connectivity index (χ4n) is 3.28. The lowest BCUT2D eigenvalue weighted by molar-refractivity contribution is 0.0630. The molecule has 1 amide bonds. The number of aryl methyl sites for hydroxylation is 2. The summed E-state index contributed by atoms with van der Waals surface area (Å²) in [7, 11) is 1.50. The molecule has 0 bridgehead atoms. The van der Waals surface area contributed by atoms with Crippen LogP contribution in [0.25, 0.3) is 0 Å². The molecule has 1 aliphatic heterocycles. The first-order valence-electron chi connectivity index (χ1n) is 8.51. The van der Waals surface area contributed by atoms with Gasteiger partial charge in [0.15, 0.2) is 5.78 Å². The predicted molar refractivity (Wildman–Crippen MR) is 98.6 cm³/mol. The highest BCUT2D eigenvalue weighted by molar-refractivity contribution is 6.30. The number of carbonyl (C=O) groups excluding carboxylic acids is 2. The van der Waals surface area contributed by atoms with Crippen molar-refractivity contribution in [2.24, 2.45) is 13.0 Å². The summed E-state index contributed by atoms with van der Waals surface area (Å²) in [5.74, 6) is -0.476. The van der Waals surface area contributed by atoms with E-state index in [4.69, 9.17) is 11.6 Å². The van der Waals surface area contributed by atoms with Crippen LogP contribution in [0.5, 0.6) is 0 Å². The Balaban J connectivity index is 1.78. The standard InChI is InChI=1S/C19H20ClN3O3/c1-12-10-14(20)5-6-15(12)18(25)13-4-3-9-23(11-13)19(26)16-7-8-17(24)22(2)21-16/h5-8,10,13H,3-4,9,11H2,1-2H3/t13-/m0/s1. The lowest BCUT2D eigenvalue weighted by Crippen LogP contribution is -2.43. The van der Waals surface area contributed by atoms with Crippen molar-refractivity contribution >= 4 is 23.3 Å². The molecule has 1 saturated heterocycles. The van der Waals surface area contributed by atoms with E-state index in [0.717, 1.165) is 23.1 Å². The van der Waals surface area contributed by atoms with E-state index in [1.54, 1.807) is 23.1 Å². The summed E-state index contributed by atoms with van der Waals surface area (Å²) in [4.78, 5) is 38.7. The first kappa shape index (κ1) is 18.3. The van der Waals surface area contributed by atoms with Crippen molar-refractivity contribution in [1.82, 2.24) is 14.7 Å². The third kappa shape index (κ3) is 3.70. The number of carbonyl (C=O) groups is 2. The summed E-state index contributed by atoms with van der Waals surface area (Å²) in [6.07, 6.45) is 1.49. The van der Waals surface area contributed by atoms with Gasteiger partial charge in [-0.1, -0.05) is 11.6 Å². The zero-order chi connectivity index (χ0) is 18.8. The van der Waals surface area contributed by atoms with Crippen LogP contribution in [-0.2, 0) is 7.05 Å². The number of amides is 1. The Morgan fingerprint density at radius 2 is 2.00 bits per heavy atom. The lowest BCUT2D eigenvalue weighted by atomic mass is 9.88. The second kappa shape index (κ2) is 7.41. The van der Waals surface area contributed by atoms with E-state index >= 15 is 0 Å². The van der Waals surface area contributed by atoms with Crippen molar-refractivity contribution in [3.05, 3.63) is 62.5 Å². The SMILES string of the molecule is Cc1cc(Cl)ccc1C(=O)[C@H]1CCCN(C(=O)c2ccc(=O)n(C)n2)C1. The van der Waals surface area contributed by atoms with E-state index in [1.807, 2.05) is 6.92 Å². The van der Waals surface area contributed by atoms with Crippen LogP contribution in [0.4, 0.5) is 0 Å². The van der Waals surface area contributed by atoms with E-state index in [-0.39, 0.29) is 28.9 Å². The van der Waals surface area contributed by atoms with Crippen molar-refractivity contribution in [2.75, 3.05) is 13.1 Å². The summed E-state index contributed by atoms with van der Waals surface area (Å²) in [6.45, 7) is 2.79. The first-order chi connectivity index (χ1) is 12.4. The molecule has 0 unspecified atom stereocenters. The van der Waals surface area contributed by atoms with Gasteiger partial charge in [0, 0.05) is 42.7 Å². The summed E-state index contributed by atoms with van der Waals surface area (Å²) >= 11 is 5.97. The van der Waals surface area contributed by atoms with Gasteiger partial charge in [-0.05, 0) is 49.6 Å². The molecule has 6 nitrogen and oxygen atoms in total. The largest absolute Gasteiger partial charge is 0.337 e. The molecular weight excluding hydrogens is 354 g/mol. The van der Waals surface area contributed by atoms with Crippen molar-refractivity contribution in [3.63, 3.8) is 0 Å². The number of rotatable bonds is 3. The van der Waals surface area contributed by atoms with Crippen molar-refractivity contribution in [2.45, 2.75) is 19.8 Å². The van der Waals surface area contributed by atoms with Gasteiger partial charge in [0.25, 0.3) is 11.5 Å². The van der Waals surface area contributed by atoms with Gasteiger partial charge in [0.1, 0.15) is 5.69 Å². The van der Waals surface area contributed by atoms with E-state index in [2.05, 4.69) is 5.10 Å². The van der Waals surface area contributed by atoms with Crippen LogP contribution in [0.3, 0.4) is 0 Å². The Morgan fingerprint density at radius 1 is 1.23 bits per heavy atom. The average Bonchev–Trinajstić information content (AvgIpc) is 2.63. The number of benzene rings is 1. The summed E-state index contributed by atoms with van der Waals surface area (Å²) in [6, 6.07) is 7.98. The Morgan fingerprint density at radius 3 is 2.69 bits per heavy atom. The molecule has 0 spiro atoms. The predicted octanol–water partition coefficient (Wildman–Crippen LogP) is 2.48. The molecule has 1 atom stereocenters. The Kier molecular flexibility index (Phi) is 5.23. The third-order valence-electron chi connectivity index (χ3n) is 4.71. The van der Waals surface area contributed by atoms with Crippen molar-refractivity contribution in [3.8, 4) is 0 Å². The van der Waals surface area contributed by atoms with Gasteiger partial charge in [-0.3, -0.25) is 14.4 Å². The topological polar surface area (TPSA) is 72.3 Å². The summed E-state index contributed by atoms with van der Waals surface area (Å²) in [5.41, 5.74) is 1.42. The zero-order valence-electron chi connectivity index (χ0n) is 14.7. The number of hydrogen-bond donors (Lipinski definition) is 0. The molecule has 136 valence electrons. The van der Waals surface area contributed by atoms with Gasteiger partial charge in [0.2, 0.25) is 0 Å². The number of Topliss-reactive ketones (excluding diaryl/α,β-unsaturated/α-hetero) is 1. The molecule has 7 heteroatoms. The van der Waals surface area contributed by atoms with Crippen molar-refractivity contribution < 1.29 is 9.59 Å². The summed E-state index contributed by atoms with van der Waals surface area (Å²) in [5, 5.41) is 4.61. The number of nitrogens with zero attached hydrogens (tertiary/aromatic N) is 3. The molecule has 0 N–H and O–H groups in total. The molecule has 0 aliphatic carbocycles. The van der Waals surface area contributed by atoms with Crippen LogP contribution >= 0.6 is 11.6 Å². The normalized spacial score (nSPS) is 17.2. The highest BCUT2D eigenvalue weighted by atomic mass is 35.5. The minimum atomic E-state index is -0.272. The minimum Gasteiger partial charge on any atom is -0.337 e. The Bertz CT molecular complexity index is 922. The first-order valence-corrected chi connectivity index (χ1v) is 8.88. The molecule has 26 heavy (non-hydrogen) atoms. The number of aromatic nitrogens is 2. The van der Waals surface area contributed by atoms with Crippen LogP contribution in [-0.4, -0.2) is 39.5 Å². The minimum absolute atomic E-state index is 0.0325. The van der Waals surface area contributed by atoms with Gasteiger partial charge in [-0.15, -0.1) is 0 Å². The maximum atomic E-state index is 12.9. The van der Waals surface area contributed by atoms with Crippen LogP contribution in [0.1, 0.15) is 39.3 Å². The monoisotopic (exact) mass is 373 g/mol. The maximum absolute atomic E-state index is 12.9. The number of halogens is 1. The van der Waals surface area contributed by atoms with Gasteiger partial charge in [-0.2, -0.15) is 5.10 Å². The highest BCUT2D eigenvalue weighted by Gasteiger charge is 2.30. The molecule has 1 aromatic carbocycles. The zero-order valence-corrected chi connectivity index (χ0v) is 15.5. The van der Waals surface area contributed by atoms with Crippen LogP contribution in [0.15, 0.2) is 35.1 Å². The number of likely N-dealkylation sites (tertiary alicyclic amines) is 1. The van der Waals surface area contributed by atoms with E-state index in [0.29, 0.717) is 23.7 Å². The van der Waals surface area contributed by atoms with Crippen LogP contribution < -0.4 is 5.56 Å². The molecule has 0 saturated carbocycles. The van der Waals surface area contributed by atoms with E-state index in [9.17, 15) is 14.4 Å². The number of hydrogen-bond acceptors (Lipinski definition) is 4. The second-order valence-electron chi connectivity index (χ2n) is 6.59. The van der Waals surface area contributed by atoms with Crippen LogP contribution in [0, 0.1) is 12.8 Å². The van der Waals surface area contributed by atoms with E-state index in [1.165, 1.54) is 19.2 Å². The Hall–Kier alpha value is -2.47. The molecule has 1 aliphatic rings. The smallest absolute Gasteiger partial charge is 0.274 e. The number of ketones is 1. The van der Waals surface area contributed by atoms with Crippen molar-refractivity contribution in [1.29, 1.82) is 0 Å². The second-order valence-corrected chi connectivity index (χ2v) is 7.03. The quantitative estimate of drug-likeness (QED) is 0.775. The fraction of sp³-hybridized carbons (Fsp3) is 0.368. The average molecular weight is 374 g/mol. The maximum Gasteiger partial charge on any atom is 0.274 e. The van der Waals surface area contributed by atoms with Gasteiger partial charge < -0.3 is 4.90 Å². The van der Waals surface area contributed by atoms with Crippen LogP contribution in [0.2, 0.25) is 5.02 Å².